The molecule has 1 fully saturated rings. The number of rotatable bonds is 7. The molecule has 1 saturated carbocycles. The highest BCUT2D eigenvalue weighted by atomic mass is 32.2. The number of nitrogens with one attached hydrogen (secondary N) is 1. The van der Waals surface area contributed by atoms with Crippen molar-refractivity contribution in [1.29, 1.82) is 0 Å². The molecular formula is C24H22F2N4O4S. The molecule has 5 rings (SSSR count). The number of fused-ring (bicyclic) bond motifs is 1. The van der Waals surface area contributed by atoms with Crippen molar-refractivity contribution >= 4 is 26.6 Å². The summed E-state index contributed by atoms with van der Waals surface area (Å²) in [4.78, 5) is 12.8. The number of ether oxygens (including phenoxy) is 1. The number of hydrogen-bond acceptors (Lipinski definition) is 5. The first-order chi connectivity index (χ1) is 16.6. The van der Waals surface area contributed by atoms with E-state index >= 15 is 0 Å². The molecule has 182 valence electrons. The van der Waals surface area contributed by atoms with Gasteiger partial charge in [0.25, 0.3) is 5.56 Å². The van der Waals surface area contributed by atoms with Crippen molar-refractivity contribution in [2.45, 2.75) is 25.8 Å². The zero-order chi connectivity index (χ0) is 24.9. The molecule has 0 aliphatic heterocycles. The first-order valence-corrected chi connectivity index (χ1v) is 12.7. The lowest BCUT2D eigenvalue weighted by molar-refractivity contribution is 0.439. The number of pyridine rings is 1. The molecule has 1 aliphatic rings. The SMILES string of the molecule is CCS(=O)(=O)Nc1ccc(Oc2ccc(F)cc2F)c(-c2cn(C)c(=O)c3cn(C4CC4)nc23)c1. The molecule has 4 aromatic rings. The van der Waals surface area contributed by atoms with Crippen LogP contribution < -0.4 is 15.0 Å². The summed E-state index contributed by atoms with van der Waals surface area (Å²) >= 11 is 0. The Bertz CT molecular complexity index is 1620. The zero-order valence-electron chi connectivity index (χ0n) is 19.0. The molecule has 35 heavy (non-hydrogen) atoms. The molecule has 0 radical (unpaired) electrons. The minimum absolute atomic E-state index is 0.128. The second-order valence-electron chi connectivity index (χ2n) is 8.45. The molecule has 0 spiro atoms. The van der Waals surface area contributed by atoms with Crippen LogP contribution >= 0.6 is 0 Å². The van der Waals surface area contributed by atoms with Gasteiger partial charge in [-0.05, 0) is 50.1 Å². The Hall–Kier alpha value is -3.73. The van der Waals surface area contributed by atoms with Crippen molar-refractivity contribution in [2.75, 3.05) is 10.5 Å². The molecule has 0 unspecified atom stereocenters. The van der Waals surface area contributed by atoms with Crippen molar-refractivity contribution < 1.29 is 21.9 Å². The fourth-order valence-corrected chi connectivity index (χ4v) is 4.43. The van der Waals surface area contributed by atoms with Gasteiger partial charge in [-0.15, -0.1) is 0 Å². The highest BCUT2D eigenvalue weighted by molar-refractivity contribution is 7.92. The van der Waals surface area contributed by atoms with Gasteiger partial charge in [-0.1, -0.05) is 0 Å². The maximum Gasteiger partial charge on any atom is 0.261 e. The lowest BCUT2D eigenvalue weighted by Crippen LogP contribution is -2.16. The summed E-state index contributed by atoms with van der Waals surface area (Å²) in [5.74, 6) is -1.80. The standard InChI is InChI=1S/C24H22F2N4O4S/c1-3-35(32,33)28-15-5-9-21(34-22-8-4-14(25)10-20(22)26)17(11-15)18-12-29(2)24(31)19-13-30(16-6-7-16)27-23(18)19/h4-5,8-13,16,28H,3,6-7H2,1-2H3. The molecule has 0 saturated heterocycles. The Morgan fingerprint density at radius 1 is 1.09 bits per heavy atom. The van der Waals surface area contributed by atoms with E-state index in [1.165, 1.54) is 29.7 Å². The maximum absolute atomic E-state index is 14.4. The molecule has 1 aliphatic carbocycles. The molecule has 8 nitrogen and oxygen atoms in total. The molecular weight excluding hydrogens is 478 g/mol. The predicted octanol–water partition coefficient (Wildman–Crippen LogP) is 4.57. The van der Waals surface area contributed by atoms with Gasteiger partial charge in [0.1, 0.15) is 17.1 Å². The summed E-state index contributed by atoms with van der Waals surface area (Å²) in [6.45, 7) is 1.51. The predicted molar refractivity (Wildman–Crippen MR) is 128 cm³/mol. The largest absolute Gasteiger partial charge is 0.454 e. The number of anilines is 1. The zero-order valence-corrected chi connectivity index (χ0v) is 19.8. The van der Waals surface area contributed by atoms with E-state index in [1.807, 2.05) is 0 Å². The number of aryl methyl sites for hydroxylation is 1. The van der Waals surface area contributed by atoms with Crippen LogP contribution in [0.3, 0.4) is 0 Å². The van der Waals surface area contributed by atoms with Crippen LogP contribution in [0.1, 0.15) is 25.8 Å². The van der Waals surface area contributed by atoms with Crippen LogP contribution in [0.2, 0.25) is 0 Å². The first-order valence-electron chi connectivity index (χ1n) is 11.0. The molecule has 2 heterocycles. The van der Waals surface area contributed by atoms with Gasteiger partial charge in [0.05, 0.1) is 17.2 Å². The Kier molecular flexibility index (Phi) is 5.59. The third-order valence-corrected chi connectivity index (χ3v) is 7.13. The van der Waals surface area contributed by atoms with E-state index in [4.69, 9.17) is 4.74 Å². The van der Waals surface area contributed by atoms with Crippen LogP contribution in [-0.4, -0.2) is 28.5 Å². The Balaban J connectivity index is 1.71. The number of benzene rings is 2. The lowest BCUT2D eigenvalue weighted by atomic mass is 10.0. The maximum atomic E-state index is 14.4. The van der Waals surface area contributed by atoms with Crippen LogP contribution in [0, 0.1) is 11.6 Å². The number of nitrogens with zero attached hydrogens (tertiary/aromatic N) is 3. The summed E-state index contributed by atoms with van der Waals surface area (Å²) in [5.41, 5.74) is 1.33. The minimum Gasteiger partial charge on any atom is -0.454 e. The fraction of sp³-hybridized carbons (Fsp3) is 0.250. The highest BCUT2D eigenvalue weighted by Gasteiger charge is 2.27. The second-order valence-corrected chi connectivity index (χ2v) is 10.5. The topological polar surface area (TPSA) is 95.2 Å². The van der Waals surface area contributed by atoms with Crippen molar-refractivity contribution in [1.82, 2.24) is 14.3 Å². The van der Waals surface area contributed by atoms with Crippen molar-refractivity contribution in [3.8, 4) is 22.6 Å². The second kappa shape index (κ2) is 8.49. The van der Waals surface area contributed by atoms with Gasteiger partial charge in [-0.3, -0.25) is 14.2 Å². The molecule has 0 atom stereocenters. The third-order valence-electron chi connectivity index (χ3n) is 5.82. The van der Waals surface area contributed by atoms with E-state index in [1.54, 1.807) is 30.2 Å². The van der Waals surface area contributed by atoms with Crippen molar-refractivity contribution in [2.24, 2.45) is 7.05 Å². The summed E-state index contributed by atoms with van der Waals surface area (Å²) in [6, 6.07) is 7.69. The molecule has 0 bridgehead atoms. The van der Waals surface area contributed by atoms with Crippen molar-refractivity contribution in [3.63, 3.8) is 0 Å². The van der Waals surface area contributed by atoms with Gasteiger partial charge in [-0.25, -0.2) is 17.2 Å². The summed E-state index contributed by atoms with van der Waals surface area (Å²) in [5, 5.41) is 5.03. The van der Waals surface area contributed by atoms with E-state index in [2.05, 4.69) is 9.82 Å². The van der Waals surface area contributed by atoms with Gasteiger partial charge >= 0.3 is 0 Å². The van der Waals surface area contributed by atoms with Gasteiger partial charge in [-0.2, -0.15) is 5.10 Å². The van der Waals surface area contributed by atoms with Crippen molar-refractivity contribution in [3.05, 3.63) is 70.8 Å². The van der Waals surface area contributed by atoms with Gasteiger partial charge in [0.15, 0.2) is 11.6 Å². The van der Waals surface area contributed by atoms with E-state index in [0.717, 1.165) is 18.9 Å². The average molecular weight is 501 g/mol. The average Bonchev–Trinajstić information content (AvgIpc) is 3.57. The quantitative estimate of drug-likeness (QED) is 0.401. The third kappa shape index (κ3) is 4.51. The monoisotopic (exact) mass is 500 g/mol. The summed E-state index contributed by atoms with van der Waals surface area (Å²) in [7, 11) is -1.98. The van der Waals surface area contributed by atoms with Crippen LogP contribution in [0.5, 0.6) is 11.5 Å². The van der Waals surface area contributed by atoms with Gasteiger partial charge in [0, 0.05) is 42.3 Å². The number of hydrogen-bond donors (Lipinski definition) is 1. The normalized spacial score (nSPS) is 13.8. The first kappa shape index (κ1) is 23.0. The Morgan fingerprint density at radius 2 is 1.83 bits per heavy atom. The smallest absolute Gasteiger partial charge is 0.261 e. The van der Waals surface area contributed by atoms with E-state index in [0.29, 0.717) is 28.1 Å². The van der Waals surface area contributed by atoms with Gasteiger partial charge < -0.3 is 9.30 Å². The van der Waals surface area contributed by atoms with E-state index < -0.39 is 21.7 Å². The van der Waals surface area contributed by atoms with Crippen LogP contribution in [0.15, 0.2) is 53.6 Å². The Labute approximate surface area is 199 Å². The van der Waals surface area contributed by atoms with E-state index in [9.17, 15) is 22.0 Å². The molecule has 11 heteroatoms. The number of aromatic nitrogens is 3. The van der Waals surface area contributed by atoms with Crippen LogP contribution in [0.25, 0.3) is 22.0 Å². The van der Waals surface area contributed by atoms with Crippen LogP contribution in [0.4, 0.5) is 14.5 Å². The molecule has 1 N–H and O–H groups in total. The number of halogens is 2. The molecule has 0 amide bonds. The fourth-order valence-electron chi connectivity index (χ4n) is 3.79. The molecule has 2 aromatic heterocycles. The Morgan fingerprint density at radius 3 is 2.51 bits per heavy atom. The summed E-state index contributed by atoms with van der Waals surface area (Å²) < 4.78 is 63.6. The highest BCUT2D eigenvalue weighted by Crippen LogP contribution is 2.40. The lowest BCUT2D eigenvalue weighted by Gasteiger charge is -2.15. The van der Waals surface area contributed by atoms with Gasteiger partial charge in [0.2, 0.25) is 10.0 Å². The summed E-state index contributed by atoms with van der Waals surface area (Å²) in [6.07, 6.45) is 5.23. The van der Waals surface area contributed by atoms with Crippen LogP contribution in [-0.2, 0) is 17.1 Å². The van der Waals surface area contributed by atoms with E-state index in [-0.39, 0.29) is 34.5 Å². The molecule has 2 aromatic carbocycles. The minimum atomic E-state index is -3.58. The number of sulfonamides is 1.